The molecule has 150 valence electrons. The van der Waals surface area contributed by atoms with Gasteiger partial charge in [0.05, 0.1) is 16.4 Å². The van der Waals surface area contributed by atoms with Gasteiger partial charge in [-0.15, -0.1) is 23.1 Å². The van der Waals surface area contributed by atoms with Gasteiger partial charge < -0.3 is 14.9 Å². The summed E-state index contributed by atoms with van der Waals surface area (Å²) in [7, 11) is 1.84. The Hall–Kier alpha value is -1.98. The second-order valence-corrected chi connectivity index (χ2v) is 9.39. The summed E-state index contributed by atoms with van der Waals surface area (Å²) in [6.07, 6.45) is 0.593. The van der Waals surface area contributed by atoms with Crippen molar-refractivity contribution in [2.75, 3.05) is 6.54 Å². The predicted octanol–water partition coefficient (Wildman–Crippen LogP) is 2.37. The third-order valence-electron chi connectivity index (χ3n) is 4.55. The SMILES string of the molecule is Cc1sc2nc(CSC(C)C(=O)NCCc3n[nH]c(=S)n3C)[nH]c(=O)c2c1C. The number of hydrogen-bond acceptors (Lipinski definition) is 7. The number of amides is 1. The van der Waals surface area contributed by atoms with Crippen molar-refractivity contribution in [3.05, 3.63) is 37.2 Å². The fourth-order valence-corrected chi connectivity index (χ4v) is 4.67. The molecule has 3 N–H and O–H groups in total. The standard InChI is InChI=1S/C17H22N6O2S3/c1-8-9(2)28-16-13(8)15(25)19-11(20-16)7-27-10(3)14(24)18-6-5-12-21-22-17(26)23(12)4/h10H,5-7H2,1-4H3,(H,18,24)(H,22,26)(H,19,20,25). The van der Waals surface area contributed by atoms with Gasteiger partial charge in [0, 0.05) is 24.9 Å². The minimum atomic E-state index is -0.268. The Labute approximate surface area is 175 Å². The number of H-pyrrole nitrogens is 2. The fourth-order valence-electron chi connectivity index (χ4n) is 2.69. The Bertz CT molecular complexity index is 1130. The second kappa shape index (κ2) is 8.58. The maximum absolute atomic E-state index is 12.3. The van der Waals surface area contributed by atoms with Crippen molar-refractivity contribution in [1.82, 2.24) is 30.0 Å². The van der Waals surface area contributed by atoms with Crippen LogP contribution in [0.2, 0.25) is 0 Å². The number of aromatic nitrogens is 5. The van der Waals surface area contributed by atoms with Gasteiger partial charge in [0.15, 0.2) is 4.77 Å². The maximum Gasteiger partial charge on any atom is 0.259 e. The Balaban J connectivity index is 1.54. The van der Waals surface area contributed by atoms with Gasteiger partial charge in [0.25, 0.3) is 5.56 Å². The molecule has 0 fully saturated rings. The van der Waals surface area contributed by atoms with E-state index in [4.69, 9.17) is 12.2 Å². The summed E-state index contributed by atoms with van der Waals surface area (Å²) in [6, 6.07) is 0. The molecule has 1 atom stereocenters. The third kappa shape index (κ3) is 4.36. The quantitative estimate of drug-likeness (QED) is 0.489. The van der Waals surface area contributed by atoms with E-state index < -0.39 is 0 Å². The van der Waals surface area contributed by atoms with E-state index in [1.54, 1.807) is 4.57 Å². The molecule has 0 aliphatic rings. The van der Waals surface area contributed by atoms with Crippen LogP contribution in [0.3, 0.4) is 0 Å². The molecule has 0 aliphatic heterocycles. The van der Waals surface area contributed by atoms with Crippen molar-refractivity contribution < 1.29 is 4.79 Å². The Kier molecular flexibility index (Phi) is 6.36. The first-order chi connectivity index (χ1) is 13.3. The smallest absolute Gasteiger partial charge is 0.259 e. The molecule has 0 saturated heterocycles. The van der Waals surface area contributed by atoms with Crippen molar-refractivity contribution >= 4 is 51.4 Å². The molecule has 3 aromatic rings. The third-order valence-corrected chi connectivity index (χ3v) is 7.17. The summed E-state index contributed by atoms with van der Waals surface area (Å²) in [5, 5.41) is 10.1. The topological polar surface area (TPSA) is 108 Å². The highest BCUT2D eigenvalue weighted by Crippen LogP contribution is 2.26. The number of hydrogen-bond donors (Lipinski definition) is 3. The maximum atomic E-state index is 12.3. The Morgan fingerprint density at radius 3 is 2.86 bits per heavy atom. The van der Waals surface area contributed by atoms with Crippen LogP contribution < -0.4 is 10.9 Å². The van der Waals surface area contributed by atoms with Gasteiger partial charge in [-0.05, 0) is 38.6 Å². The van der Waals surface area contributed by atoms with E-state index in [9.17, 15) is 9.59 Å². The van der Waals surface area contributed by atoms with Crippen LogP contribution in [0.1, 0.15) is 29.0 Å². The van der Waals surface area contributed by atoms with Crippen LogP contribution in [0.25, 0.3) is 10.2 Å². The molecule has 0 radical (unpaired) electrons. The highest BCUT2D eigenvalue weighted by molar-refractivity contribution is 7.99. The number of aromatic amines is 2. The molecule has 0 saturated carbocycles. The van der Waals surface area contributed by atoms with Crippen molar-refractivity contribution in [3.63, 3.8) is 0 Å². The van der Waals surface area contributed by atoms with E-state index in [-0.39, 0.29) is 16.7 Å². The van der Waals surface area contributed by atoms with Crippen LogP contribution in [-0.2, 0) is 24.0 Å². The lowest BCUT2D eigenvalue weighted by atomic mass is 10.2. The lowest BCUT2D eigenvalue weighted by Crippen LogP contribution is -2.33. The number of nitrogens with one attached hydrogen (secondary N) is 3. The van der Waals surface area contributed by atoms with Gasteiger partial charge in [0.2, 0.25) is 5.91 Å². The molecule has 28 heavy (non-hydrogen) atoms. The molecule has 1 unspecified atom stereocenters. The number of aryl methyl sites for hydroxylation is 2. The Morgan fingerprint density at radius 1 is 1.43 bits per heavy atom. The van der Waals surface area contributed by atoms with E-state index in [1.807, 2.05) is 27.8 Å². The molecule has 3 heterocycles. The van der Waals surface area contributed by atoms with Crippen molar-refractivity contribution in [2.45, 2.75) is 38.2 Å². The number of carbonyl (C=O) groups is 1. The summed E-state index contributed by atoms with van der Waals surface area (Å²) in [4.78, 5) is 33.8. The molecule has 3 rings (SSSR count). The van der Waals surface area contributed by atoms with Crippen LogP contribution in [0.15, 0.2) is 4.79 Å². The molecular weight excluding hydrogens is 416 g/mol. The summed E-state index contributed by atoms with van der Waals surface area (Å²) >= 11 is 8.03. The summed E-state index contributed by atoms with van der Waals surface area (Å²) in [6.45, 7) is 6.24. The van der Waals surface area contributed by atoms with Gasteiger partial charge in [0.1, 0.15) is 16.5 Å². The summed E-state index contributed by atoms with van der Waals surface area (Å²) < 4.78 is 2.34. The first kappa shape index (κ1) is 20.7. The number of rotatable bonds is 7. The predicted molar refractivity (Wildman–Crippen MR) is 116 cm³/mol. The minimum absolute atomic E-state index is 0.0620. The van der Waals surface area contributed by atoms with Crippen molar-refractivity contribution in [1.29, 1.82) is 0 Å². The van der Waals surface area contributed by atoms with Crippen LogP contribution in [0, 0.1) is 18.6 Å². The van der Waals surface area contributed by atoms with Crippen LogP contribution >= 0.6 is 35.3 Å². The number of thiophene rings is 1. The van der Waals surface area contributed by atoms with Crippen LogP contribution in [0.4, 0.5) is 0 Å². The van der Waals surface area contributed by atoms with E-state index in [1.165, 1.54) is 23.1 Å². The van der Waals surface area contributed by atoms with E-state index in [0.717, 1.165) is 21.1 Å². The summed E-state index contributed by atoms with van der Waals surface area (Å²) in [5.41, 5.74) is 0.863. The van der Waals surface area contributed by atoms with Gasteiger partial charge in [-0.25, -0.2) is 4.98 Å². The number of thioether (sulfide) groups is 1. The molecule has 8 nitrogen and oxygen atoms in total. The summed E-state index contributed by atoms with van der Waals surface area (Å²) in [5.74, 6) is 1.78. The Morgan fingerprint density at radius 2 is 2.18 bits per heavy atom. The molecular formula is C17H22N6O2S3. The molecule has 11 heteroatoms. The molecule has 3 aromatic heterocycles. The second-order valence-electron chi connectivity index (χ2n) is 6.47. The molecule has 0 spiro atoms. The van der Waals surface area contributed by atoms with Crippen molar-refractivity contribution in [2.24, 2.45) is 7.05 Å². The van der Waals surface area contributed by atoms with Gasteiger partial charge >= 0.3 is 0 Å². The molecule has 1 amide bonds. The number of carbonyl (C=O) groups excluding carboxylic acids is 1. The minimum Gasteiger partial charge on any atom is -0.355 e. The van der Waals surface area contributed by atoms with E-state index in [0.29, 0.717) is 34.7 Å². The average Bonchev–Trinajstić information content (AvgIpc) is 3.12. The van der Waals surface area contributed by atoms with Crippen molar-refractivity contribution in [3.8, 4) is 0 Å². The molecule has 0 aliphatic carbocycles. The average molecular weight is 439 g/mol. The zero-order valence-electron chi connectivity index (χ0n) is 16.1. The molecule has 0 aromatic carbocycles. The van der Waals surface area contributed by atoms with Gasteiger partial charge in [-0.2, -0.15) is 5.10 Å². The first-order valence-corrected chi connectivity index (χ1v) is 11.0. The molecule has 0 bridgehead atoms. The highest BCUT2D eigenvalue weighted by Gasteiger charge is 2.16. The lowest BCUT2D eigenvalue weighted by Gasteiger charge is -2.11. The van der Waals surface area contributed by atoms with Gasteiger partial charge in [-0.3, -0.25) is 14.7 Å². The zero-order valence-corrected chi connectivity index (χ0v) is 18.5. The zero-order chi connectivity index (χ0) is 20.4. The lowest BCUT2D eigenvalue weighted by molar-refractivity contribution is -0.120. The number of nitrogens with zero attached hydrogens (tertiary/aromatic N) is 3. The largest absolute Gasteiger partial charge is 0.355 e. The van der Waals surface area contributed by atoms with E-state index >= 15 is 0 Å². The van der Waals surface area contributed by atoms with Crippen LogP contribution in [-0.4, -0.2) is 42.4 Å². The first-order valence-electron chi connectivity index (χ1n) is 8.76. The monoisotopic (exact) mass is 438 g/mol. The van der Waals surface area contributed by atoms with Gasteiger partial charge in [-0.1, -0.05) is 0 Å². The number of fused-ring (bicyclic) bond motifs is 1. The van der Waals surface area contributed by atoms with Crippen LogP contribution in [0.5, 0.6) is 0 Å². The highest BCUT2D eigenvalue weighted by atomic mass is 32.2. The van der Waals surface area contributed by atoms with E-state index in [2.05, 4.69) is 25.5 Å². The fraction of sp³-hybridized carbons (Fsp3) is 0.471. The normalized spacial score (nSPS) is 12.4.